The van der Waals surface area contributed by atoms with Gasteiger partial charge in [-0.05, 0) is 48.9 Å². The van der Waals surface area contributed by atoms with E-state index in [0.29, 0.717) is 28.8 Å². The molecule has 152 valence electrons. The summed E-state index contributed by atoms with van der Waals surface area (Å²) in [7, 11) is 0. The molecule has 1 amide bonds. The molecular formula is C22H21N5O2S. The average molecular weight is 420 g/mol. The number of carbonyl (C=O) groups excluding carboxylic acids is 1. The number of nitrogens with zero attached hydrogens (tertiary/aromatic N) is 4. The van der Waals surface area contributed by atoms with Gasteiger partial charge in [0.2, 0.25) is 5.91 Å². The minimum absolute atomic E-state index is 0.171. The second-order valence-corrected chi connectivity index (χ2v) is 7.37. The number of rotatable bonds is 9. The summed E-state index contributed by atoms with van der Waals surface area (Å²) >= 11 is 1.29. The Morgan fingerprint density at radius 3 is 2.80 bits per heavy atom. The molecule has 3 aromatic rings. The molecule has 0 aliphatic rings. The van der Waals surface area contributed by atoms with Crippen LogP contribution >= 0.6 is 11.8 Å². The van der Waals surface area contributed by atoms with Crippen LogP contribution < -0.4 is 10.1 Å². The molecule has 0 fully saturated rings. The van der Waals surface area contributed by atoms with Gasteiger partial charge in [-0.15, -0.1) is 16.8 Å². The number of anilines is 1. The smallest absolute Gasteiger partial charge is 0.234 e. The van der Waals surface area contributed by atoms with Gasteiger partial charge in [0.15, 0.2) is 11.0 Å². The molecule has 0 aliphatic carbocycles. The fourth-order valence-corrected chi connectivity index (χ4v) is 3.42. The number of aryl methyl sites for hydroxylation is 1. The number of thioether (sulfide) groups is 1. The first-order valence-electron chi connectivity index (χ1n) is 9.24. The predicted octanol–water partition coefficient (Wildman–Crippen LogP) is 3.95. The zero-order valence-electron chi connectivity index (χ0n) is 16.5. The van der Waals surface area contributed by atoms with Crippen LogP contribution in [0.2, 0.25) is 0 Å². The third-order valence-electron chi connectivity index (χ3n) is 4.09. The molecule has 7 nitrogen and oxygen atoms in total. The number of hydrogen-bond donors (Lipinski definition) is 1. The Morgan fingerprint density at radius 1 is 1.30 bits per heavy atom. The van der Waals surface area contributed by atoms with Crippen LogP contribution in [0.1, 0.15) is 17.0 Å². The summed E-state index contributed by atoms with van der Waals surface area (Å²) in [6.07, 6.45) is 1.75. The number of aromatic nitrogens is 3. The highest BCUT2D eigenvalue weighted by atomic mass is 32.2. The van der Waals surface area contributed by atoms with Gasteiger partial charge in [0.05, 0.1) is 17.4 Å². The molecule has 1 heterocycles. The molecule has 2 aromatic carbocycles. The van der Waals surface area contributed by atoms with Gasteiger partial charge in [0.1, 0.15) is 12.4 Å². The van der Waals surface area contributed by atoms with Gasteiger partial charge >= 0.3 is 0 Å². The summed E-state index contributed by atoms with van der Waals surface area (Å²) in [6, 6.07) is 16.5. The minimum Gasteiger partial charge on any atom is -0.486 e. The van der Waals surface area contributed by atoms with Crippen molar-refractivity contribution in [2.75, 3.05) is 11.1 Å². The van der Waals surface area contributed by atoms with Crippen LogP contribution in [0.3, 0.4) is 0 Å². The number of amides is 1. The zero-order chi connectivity index (χ0) is 21.3. The Labute approximate surface area is 179 Å². The van der Waals surface area contributed by atoms with Gasteiger partial charge in [0, 0.05) is 12.2 Å². The number of hydrogen-bond acceptors (Lipinski definition) is 6. The van der Waals surface area contributed by atoms with Crippen molar-refractivity contribution in [1.82, 2.24) is 14.8 Å². The van der Waals surface area contributed by atoms with Crippen LogP contribution in [0.4, 0.5) is 5.69 Å². The standard InChI is InChI=1S/C22H21N5O2S/c1-3-11-27-20(14-29-19-6-4-5-16(2)12-19)25-26-22(27)30-15-21(28)24-18-9-7-17(13-23)8-10-18/h3-10,12H,1,11,14-15H2,2H3,(H,24,28). The molecule has 0 radical (unpaired) electrons. The van der Waals surface area contributed by atoms with Crippen LogP contribution in [0, 0.1) is 18.3 Å². The first-order chi connectivity index (χ1) is 14.6. The first-order valence-corrected chi connectivity index (χ1v) is 10.2. The summed E-state index contributed by atoms with van der Waals surface area (Å²) in [6.45, 7) is 6.57. The van der Waals surface area contributed by atoms with Gasteiger partial charge < -0.3 is 10.1 Å². The first kappa shape index (κ1) is 21.1. The number of ether oxygens (including phenoxy) is 1. The van der Waals surface area contributed by atoms with E-state index in [1.165, 1.54) is 11.8 Å². The van der Waals surface area contributed by atoms with E-state index in [0.717, 1.165) is 11.3 Å². The second kappa shape index (κ2) is 10.3. The maximum absolute atomic E-state index is 12.3. The van der Waals surface area contributed by atoms with E-state index in [1.54, 1.807) is 30.3 Å². The van der Waals surface area contributed by atoms with Crippen LogP contribution in [-0.2, 0) is 17.9 Å². The number of allylic oxidation sites excluding steroid dienone is 1. The van der Waals surface area contributed by atoms with E-state index in [4.69, 9.17) is 10.00 Å². The minimum atomic E-state index is -0.171. The van der Waals surface area contributed by atoms with E-state index in [-0.39, 0.29) is 18.3 Å². The van der Waals surface area contributed by atoms with E-state index in [2.05, 4.69) is 22.1 Å². The maximum Gasteiger partial charge on any atom is 0.234 e. The zero-order valence-corrected chi connectivity index (χ0v) is 17.4. The molecule has 8 heteroatoms. The van der Waals surface area contributed by atoms with Crippen molar-refractivity contribution in [3.05, 3.63) is 78.1 Å². The van der Waals surface area contributed by atoms with Gasteiger partial charge in [0.25, 0.3) is 0 Å². The van der Waals surface area contributed by atoms with Crippen molar-refractivity contribution in [1.29, 1.82) is 5.26 Å². The summed E-state index contributed by atoms with van der Waals surface area (Å²) in [4.78, 5) is 12.3. The lowest BCUT2D eigenvalue weighted by Crippen LogP contribution is -2.15. The Morgan fingerprint density at radius 2 is 2.10 bits per heavy atom. The molecule has 0 bridgehead atoms. The average Bonchev–Trinajstić information content (AvgIpc) is 3.13. The van der Waals surface area contributed by atoms with Gasteiger partial charge in [-0.2, -0.15) is 5.26 Å². The molecule has 0 saturated heterocycles. The Kier molecular flexibility index (Phi) is 7.24. The SMILES string of the molecule is C=CCn1c(COc2cccc(C)c2)nnc1SCC(=O)Nc1ccc(C#N)cc1. The van der Waals surface area contributed by atoms with E-state index < -0.39 is 0 Å². The highest BCUT2D eigenvalue weighted by Gasteiger charge is 2.14. The maximum atomic E-state index is 12.3. The second-order valence-electron chi connectivity index (χ2n) is 6.43. The molecule has 0 saturated carbocycles. The molecular weight excluding hydrogens is 398 g/mol. The summed E-state index contributed by atoms with van der Waals surface area (Å²) in [5.74, 6) is 1.43. The van der Waals surface area contributed by atoms with E-state index in [1.807, 2.05) is 41.8 Å². The number of carbonyl (C=O) groups is 1. The van der Waals surface area contributed by atoms with Crippen LogP contribution in [0.15, 0.2) is 66.3 Å². The van der Waals surface area contributed by atoms with Gasteiger partial charge in [-0.1, -0.05) is 30.0 Å². The predicted molar refractivity (Wildman–Crippen MR) is 116 cm³/mol. The lowest BCUT2D eigenvalue weighted by Gasteiger charge is -2.10. The van der Waals surface area contributed by atoms with Crippen LogP contribution in [-0.4, -0.2) is 26.4 Å². The number of nitrogens with one attached hydrogen (secondary N) is 1. The third-order valence-corrected chi connectivity index (χ3v) is 5.06. The molecule has 0 aliphatic heterocycles. The number of nitriles is 1. The topological polar surface area (TPSA) is 92.8 Å². The highest BCUT2D eigenvalue weighted by molar-refractivity contribution is 7.99. The molecule has 3 rings (SSSR count). The molecule has 0 atom stereocenters. The lowest BCUT2D eigenvalue weighted by molar-refractivity contribution is -0.113. The van der Waals surface area contributed by atoms with Gasteiger partial charge in [-0.25, -0.2) is 0 Å². The number of benzene rings is 2. The molecule has 30 heavy (non-hydrogen) atoms. The molecule has 0 unspecified atom stereocenters. The molecule has 1 N–H and O–H groups in total. The summed E-state index contributed by atoms with van der Waals surface area (Å²) in [5, 5.41) is 20.7. The van der Waals surface area contributed by atoms with Crippen molar-refractivity contribution in [2.45, 2.75) is 25.2 Å². The Hall–Kier alpha value is -3.57. The fraction of sp³-hybridized carbons (Fsp3) is 0.182. The molecule has 0 spiro atoms. The fourth-order valence-electron chi connectivity index (χ4n) is 2.65. The van der Waals surface area contributed by atoms with Crippen molar-refractivity contribution >= 4 is 23.4 Å². The van der Waals surface area contributed by atoms with Crippen molar-refractivity contribution in [2.24, 2.45) is 0 Å². The summed E-state index contributed by atoms with van der Waals surface area (Å²) < 4.78 is 7.71. The normalized spacial score (nSPS) is 10.3. The third kappa shape index (κ3) is 5.72. The van der Waals surface area contributed by atoms with Crippen molar-refractivity contribution in [3.63, 3.8) is 0 Å². The van der Waals surface area contributed by atoms with E-state index >= 15 is 0 Å². The Balaban J connectivity index is 1.60. The largest absolute Gasteiger partial charge is 0.486 e. The molecule has 1 aromatic heterocycles. The van der Waals surface area contributed by atoms with Crippen molar-refractivity contribution in [3.8, 4) is 11.8 Å². The Bertz CT molecular complexity index is 1070. The van der Waals surface area contributed by atoms with Gasteiger partial charge in [-0.3, -0.25) is 9.36 Å². The monoisotopic (exact) mass is 419 g/mol. The quantitative estimate of drug-likeness (QED) is 0.417. The van der Waals surface area contributed by atoms with Crippen molar-refractivity contribution < 1.29 is 9.53 Å². The van der Waals surface area contributed by atoms with Crippen LogP contribution in [0.25, 0.3) is 0 Å². The summed E-state index contributed by atoms with van der Waals surface area (Å²) in [5.41, 5.74) is 2.30. The van der Waals surface area contributed by atoms with E-state index in [9.17, 15) is 4.79 Å². The highest BCUT2D eigenvalue weighted by Crippen LogP contribution is 2.20. The lowest BCUT2D eigenvalue weighted by atomic mass is 10.2. The van der Waals surface area contributed by atoms with Crippen LogP contribution in [0.5, 0.6) is 5.75 Å².